The first-order chi connectivity index (χ1) is 6.49. The molecule has 0 spiro atoms. The molecule has 0 saturated carbocycles. The molecule has 0 saturated heterocycles. The number of carboxylic acids is 1. The van der Waals surface area contributed by atoms with Gasteiger partial charge in [-0.3, -0.25) is 0 Å². The fourth-order valence-corrected chi connectivity index (χ4v) is 1.19. The predicted octanol–water partition coefficient (Wildman–Crippen LogP) is 1.79. The Bertz CT molecular complexity index is 348. The molecule has 1 rings (SSSR count). The van der Waals surface area contributed by atoms with Crippen LogP contribution < -0.4 is 11.1 Å². The molecule has 0 aliphatic heterocycles. The minimum atomic E-state index is -0.968. The van der Waals surface area contributed by atoms with Crippen molar-refractivity contribution >= 4 is 17.3 Å². The van der Waals surface area contributed by atoms with Gasteiger partial charge in [-0.2, -0.15) is 0 Å². The zero-order valence-electron chi connectivity index (χ0n) is 8.24. The molecule has 4 heteroatoms. The highest BCUT2D eigenvalue weighted by Gasteiger charge is 2.05. The third kappa shape index (κ3) is 2.65. The minimum Gasteiger partial charge on any atom is -0.478 e. The summed E-state index contributed by atoms with van der Waals surface area (Å²) in [6.45, 7) is 3.95. The fraction of sp³-hybridized carbons (Fsp3) is 0.300. The van der Waals surface area contributed by atoms with Gasteiger partial charge >= 0.3 is 5.97 Å². The van der Waals surface area contributed by atoms with Gasteiger partial charge in [0.1, 0.15) is 0 Å². The number of rotatable bonds is 3. The normalized spacial score (nSPS) is 10.2. The highest BCUT2D eigenvalue weighted by atomic mass is 16.4. The van der Waals surface area contributed by atoms with E-state index >= 15 is 0 Å². The molecule has 0 aromatic heterocycles. The molecule has 4 nitrogen and oxygen atoms in total. The van der Waals surface area contributed by atoms with E-state index in [2.05, 4.69) is 5.32 Å². The Morgan fingerprint density at radius 2 is 2.07 bits per heavy atom. The van der Waals surface area contributed by atoms with E-state index in [0.717, 1.165) is 5.69 Å². The van der Waals surface area contributed by atoms with Gasteiger partial charge in [0, 0.05) is 17.4 Å². The number of nitrogens with one attached hydrogen (secondary N) is 1. The van der Waals surface area contributed by atoms with Crippen molar-refractivity contribution in [2.75, 3.05) is 11.1 Å². The molecule has 1 aromatic carbocycles. The summed E-state index contributed by atoms with van der Waals surface area (Å²) in [6, 6.07) is 4.97. The van der Waals surface area contributed by atoms with Crippen molar-refractivity contribution in [1.82, 2.24) is 0 Å². The second-order valence-corrected chi connectivity index (χ2v) is 3.45. The maximum Gasteiger partial charge on any atom is 0.335 e. The van der Waals surface area contributed by atoms with Crippen molar-refractivity contribution in [2.45, 2.75) is 19.9 Å². The van der Waals surface area contributed by atoms with Crippen molar-refractivity contribution in [3.8, 4) is 0 Å². The Labute approximate surface area is 82.7 Å². The number of carbonyl (C=O) groups is 1. The highest BCUT2D eigenvalue weighted by molar-refractivity contribution is 5.90. The molecule has 76 valence electrons. The van der Waals surface area contributed by atoms with E-state index < -0.39 is 5.97 Å². The zero-order chi connectivity index (χ0) is 10.7. The number of aromatic carboxylic acids is 1. The van der Waals surface area contributed by atoms with E-state index in [4.69, 9.17) is 10.8 Å². The monoisotopic (exact) mass is 194 g/mol. The van der Waals surface area contributed by atoms with Crippen molar-refractivity contribution in [1.29, 1.82) is 0 Å². The van der Waals surface area contributed by atoms with Gasteiger partial charge in [0.2, 0.25) is 0 Å². The van der Waals surface area contributed by atoms with E-state index in [1.807, 2.05) is 13.8 Å². The van der Waals surface area contributed by atoms with Crippen molar-refractivity contribution in [3.05, 3.63) is 23.8 Å². The number of hydrogen-bond donors (Lipinski definition) is 3. The van der Waals surface area contributed by atoms with Crippen LogP contribution in [0, 0.1) is 0 Å². The van der Waals surface area contributed by atoms with Crippen LogP contribution in [0.25, 0.3) is 0 Å². The van der Waals surface area contributed by atoms with E-state index in [0.29, 0.717) is 5.69 Å². The van der Waals surface area contributed by atoms with Crippen LogP contribution in [0.4, 0.5) is 11.4 Å². The maximum atomic E-state index is 10.7. The largest absolute Gasteiger partial charge is 0.478 e. The molecular formula is C10H14N2O2. The molecule has 0 atom stereocenters. The Hall–Kier alpha value is -1.71. The van der Waals surface area contributed by atoms with Gasteiger partial charge in [-0.05, 0) is 32.0 Å². The number of nitrogens with two attached hydrogens (primary N) is 1. The van der Waals surface area contributed by atoms with E-state index in [1.54, 1.807) is 12.1 Å². The molecular weight excluding hydrogens is 180 g/mol. The first-order valence-corrected chi connectivity index (χ1v) is 4.39. The lowest BCUT2D eigenvalue weighted by atomic mass is 10.1. The minimum absolute atomic E-state index is 0.202. The van der Waals surface area contributed by atoms with Gasteiger partial charge < -0.3 is 16.2 Å². The summed E-state index contributed by atoms with van der Waals surface area (Å²) < 4.78 is 0. The van der Waals surface area contributed by atoms with Crippen LogP contribution in [-0.4, -0.2) is 17.1 Å². The Kier molecular flexibility index (Phi) is 2.96. The number of hydrogen-bond acceptors (Lipinski definition) is 3. The predicted molar refractivity (Wildman–Crippen MR) is 56.6 cm³/mol. The molecule has 0 bridgehead atoms. The Morgan fingerprint density at radius 1 is 1.43 bits per heavy atom. The molecule has 0 aliphatic carbocycles. The lowest BCUT2D eigenvalue weighted by Gasteiger charge is -2.11. The second-order valence-electron chi connectivity index (χ2n) is 3.45. The number of anilines is 2. The zero-order valence-corrected chi connectivity index (χ0v) is 8.24. The van der Waals surface area contributed by atoms with Gasteiger partial charge in [0.15, 0.2) is 0 Å². The van der Waals surface area contributed by atoms with Crippen LogP contribution in [0.3, 0.4) is 0 Å². The van der Waals surface area contributed by atoms with Crippen LogP contribution in [0.5, 0.6) is 0 Å². The average Bonchev–Trinajstić information content (AvgIpc) is 2.01. The number of carboxylic acid groups (broad SMARTS) is 1. The van der Waals surface area contributed by atoms with Gasteiger partial charge in [-0.15, -0.1) is 0 Å². The molecule has 0 amide bonds. The first-order valence-electron chi connectivity index (χ1n) is 4.39. The average molecular weight is 194 g/mol. The standard InChI is InChI=1S/C10H14N2O2/c1-6(2)12-9-4-7(10(13)14)3-8(11)5-9/h3-6,12H,11H2,1-2H3,(H,13,14). The smallest absolute Gasteiger partial charge is 0.335 e. The third-order valence-electron chi connectivity index (χ3n) is 1.66. The van der Waals surface area contributed by atoms with Gasteiger partial charge in [0.25, 0.3) is 0 Å². The lowest BCUT2D eigenvalue weighted by Crippen LogP contribution is -2.10. The summed E-state index contributed by atoms with van der Waals surface area (Å²) in [5, 5.41) is 11.9. The van der Waals surface area contributed by atoms with Gasteiger partial charge in [-0.25, -0.2) is 4.79 Å². The van der Waals surface area contributed by atoms with Crippen LogP contribution in [0.2, 0.25) is 0 Å². The molecule has 0 fully saturated rings. The third-order valence-corrected chi connectivity index (χ3v) is 1.66. The first kappa shape index (κ1) is 10.4. The second kappa shape index (κ2) is 4.00. The van der Waals surface area contributed by atoms with Crippen LogP contribution >= 0.6 is 0 Å². The molecule has 0 unspecified atom stereocenters. The molecule has 0 aliphatic rings. The quantitative estimate of drug-likeness (QED) is 0.641. The van der Waals surface area contributed by atoms with Crippen molar-refractivity contribution in [3.63, 3.8) is 0 Å². The molecule has 0 radical (unpaired) electrons. The van der Waals surface area contributed by atoms with Gasteiger partial charge in [-0.1, -0.05) is 0 Å². The number of nitrogen functional groups attached to an aromatic ring is 1. The summed E-state index contributed by atoms with van der Waals surface area (Å²) in [5.41, 5.74) is 6.96. The summed E-state index contributed by atoms with van der Waals surface area (Å²) in [7, 11) is 0. The topological polar surface area (TPSA) is 75.3 Å². The van der Waals surface area contributed by atoms with Crippen molar-refractivity contribution in [2.24, 2.45) is 0 Å². The van der Waals surface area contributed by atoms with Crippen LogP contribution in [0.1, 0.15) is 24.2 Å². The Balaban J connectivity index is 3.01. The lowest BCUT2D eigenvalue weighted by molar-refractivity contribution is 0.0697. The van der Waals surface area contributed by atoms with E-state index in [-0.39, 0.29) is 11.6 Å². The van der Waals surface area contributed by atoms with Crippen LogP contribution in [0.15, 0.2) is 18.2 Å². The Morgan fingerprint density at radius 3 is 2.57 bits per heavy atom. The van der Waals surface area contributed by atoms with Gasteiger partial charge in [0.05, 0.1) is 5.56 Å². The molecule has 14 heavy (non-hydrogen) atoms. The molecule has 1 aromatic rings. The summed E-state index contributed by atoms with van der Waals surface area (Å²) in [6.07, 6.45) is 0. The van der Waals surface area contributed by atoms with Crippen molar-refractivity contribution < 1.29 is 9.90 Å². The highest BCUT2D eigenvalue weighted by Crippen LogP contribution is 2.17. The van der Waals surface area contributed by atoms with Crippen LogP contribution in [-0.2, 0) is 0 Å². The molecule has 0 heterocycles. The molecule has 4 N–H and O–H groups in total. The SMILES string of the molecule is CC(C)Nc1cc(N)cc(C(=O)O)c1. The summed E-state index contributed by atoms with van der Waals surface area (Å²) in [5.74, 6) is -0.968. The summed E-state index contributed by atoms with van der Waals surface area (Å²) in [4.78, 5) is 10.7. The maximum absolute atomic E-state index is 10.7. The summed E-state index contributed by atoms with van der Waals surface area (Å²) >= 11 is 0. The van der Waals surface area contributed by atoms with E-state index in [9.17, 15) is 4.79 Å². The fourth-order valence-electron chi connectivity index (χ4n) is 1.19. The number of benzene rings is 1. The van der Waals surface area contributed by atoms with E-state index in [1.165, 1.54) is 6.07 Å².